The highest BCUT2D eigenvalue weighted by atomic mass is 16.8. The van der Waals surface area contributed by atoms with Crippen molar-refractivity contribution in [1.82, 2.24) is 16.0 Å². The van der Waals surface area contributed by atoms with E-state index in [2.05, 4.69) is 16.0 Å². The molecule has 6 heterocycles. The number of aliphatic hydroxyl groups excluding tert-OH is 16. The van der Waals surface area contributed by atoms with Crippen LogP contribution in [0.25, 0.3) is 0 Å². The van der Waals surface area contributed by atoms with Gasteiger partial charge in [0.15, 0.2) is 37.7 Å². The number of aliphatic hydroxyl groups is 16. The largest absolute Gasteiger partial charge is 0.394 e. The highest BCUT2D eigenvalue weighted by molar-refractivity contribution is 5.74. The summed E-state index contributed by atoms with van der Waals surface area (Å²) in [5.74, 6) is -2.46. The molecule has 6 saturated heterocycles. The third kappa shape index (κ3) is 13.7. The lowest BCUT2D eigenvalue weighted by Crippen LogP contribution is -2.72. The van der Waals surface area contributed by atoms with Crippen LogP contribution in [0.2, 0.25) is 0 Å². The monoisotopic (exact) mass is 1100 g/mol. The lowest BCUT2D eigenvalue weighted by molar-refractivity contribution is -0.381. The SMILES string of the molecule is CC(=O)N[C@H]1[C@H](OC[C@H]2OC(O)[C@H](NC(C)=O)[C@@H](O[C@@H]3O[C@H](CO)[C@@H](O[C@@H]4O[C@H](CO)[C@H](O)[C@H](O)[C@H]4O)[C@H](O[C@@H]4O[C@@H](C)[C@@H](O)[C@@H](O)[C@@H]4O)[C@H]3NC(C)=O)[C@H]2O)O[C@H](CO)[C@@H](O[C@@H]2O[C@H](CO)[C@H](O)[C@H](O)[C@H]2O)[C@@H]1O. The summed E-state index contributed by atoms with van der Waals surface area (Å²) in [6.07, 6.45) is -49.3. The fraction of sp³-hybridized carbons (Fsp3) is 0.929. The summed E-state index contributed by atoms with van der Waals surface area (Å²) in [4.78, 5) is 38.1. The zero-order chi connectivity index (χ0) is 55.5. The van der Waals surface area contributed by atoms with Gasteiger partial charge in [-0.3, -0.25) is 14.4 Å². The number of carbonyl (C=O) groups excluding carboxylic acids is 3. The molecule has 6 fully saturated rings. The normalized spacial score (nSPS) is 48.6. The van der Waals surface area contributed by atoms with Crippen molar-refractivity contribution in [2.75, 3.05) is 33.0 Å². The van der Waals surface area contributed by atoms with Gasteiger partial charge >= 0.3 is 0 Å². The minimum atomic E-state index is -2.10. The summed E-state index contributed by atoms with van der Waals surface area (Å²) in [5, 5.41) is 178. The van der Waals surface area contributed by atoms with E-state index in [1.165, 1.54) is 6.92 Å². The van der Waals surface area contributed by atoms with Gasteiger partial charge in [0, 0.05) is 20.8 Å². The molecular weight excluding hydrogens is 1030 g/mol. The summed E-state index contributed by atoms with van der Waals surface area (Å²) in [6, 6.07) is -5.15. The Bertz CT molecular complexity index is 1850. The van der Waals surface area contributed by atoms with E-state index in [1.807, 2.05) is 0 Å². The molecule has 0 aromatic heterocycles. The molecular formula is C42H71N3O30. The van der Waals surface area contributed by atoms with E-state index in [-0.39, 0.29) is 0 Å². The number of hydrogen-bond acceptors (Lipinski definition) is 30. The summed E-state index contributed by atoms with van der Waals surface area (Å²) in [6.45, 7) is -0.204. The lowest BCUT2D eigenvalue weighted by atomic mass is 9.93. The predicted octanol–water partition coefficient (Wildman–Crippen LogP) is -12.6. The molecule has 0 bridgehead atoms. The molecule has 1 unspecified atom stereocenters. The van der Waals surface area contributed by atoms with Crippen LogP contribution in [0.5, 0.6) is 0 Å². The van der Waals surface area contributed by atoms with Crippen molar-refractivity contribution >= 4 is 17.7 Å². The number of rotatable bonds is 18. The van der Waals surface area contributed by atoms with E-state index < -0.39 is 235 Å². The van der Waals surface area contributed by atoms with Crippen molar-refractivity contribution in [2.45, 2.75) is 212 Å². The molecule has 0 aromatic rings. The Labute approximate surface area is 426 Å². The Morgan fingerprint density at radius 3 is 1.28 bits per heavy atom. The van der Waals surface area contributed by atoms with Crippen molar-refractivity contribution in [3.63, 3.8) is 0 Å². The summed E-state index contributed by atoms with van der Waals surface area (Å²) in [5.41, 5.74) is 0. The lowest BCUT2D eigenvalue weighted by Gasteiger charge is -2.51. The van der Waals surface area contributed by atoms with Gasteiger partial charge in [0.05, 0.1) is 39.1 Å². The second kappa shape index (κ2) is 26.5. The van der Waals surface area contributed by atoms with Gasteiger partial charge in [-0.2, -0.15) is 0 Å². The van der Waals surface area contributed by atoms with Gasteiger partial charge in [0.25, 0.3) is 0 Å². The second-order valence-electron chi connectivity index (χ2n) is 19.0. The van der Waals surface area contributed by atoms with Crippen LogP contribution in [0.3, 0.4) is 0 Å². The van der Waals surface area contributed by atoms with E-state index in [0.717, 1.165) is 20.8 Å². The van der Waals surface area contributed by atoms with E-state index in [4.69, 9.17) is 52.1 Å². The van der Waals surface area contributed by atoms with E-state index in [0.29, 0.717) is 0 Å². The number of nitrogens with one attached hydrogen (secondary N) is 3. The highest BCUT2D eigenvalue weighted by Crippen LogP contribution is 2.37. The zero-order valence-electron chi connectivity index (χ0n) is 40.7. The van der Waals surface area contributed by atoms with Crippen LogP contribution in [0.4, 0.5) is 0 Å². The molecule has 0 spiro atoms. The molecule has 19 N–H and O–H groups in total. The van der Waals surface area contributed by atoms with Crippen LogP contribution in [-0.2, 0) is 66.5 Å². The van der Waals surface area contributed by atoms with Crippen molar-refractivity contribution < 1.29 is 148 Å². The van der Waals surface area contributed by atoms with Gasteiger partial charge in [0.2, 0.25) is 17.7 Å². The number of amides is 3. The highest BCUT2D eigenvalue weighted by Gasteiger charge is 2.58. The molecule has 33 nitrogen and oxygen atoms in total. The molecule has 6 aliphatic rings. The molecule has 75 heavy (non-hydrogen) atoms. The quantitative estimate of drug-likeness (QED) is 0.0606. The molecule has 3 amide bonds. The fourth-order valence-electron chi connectivity index (χ4n) is 9.56. The van der Waals surface area contributed by atoms with E-state index >= 15 is 0 Å². The Kier molecular flexibility index (Phi) is 21.8. The number of carbonyl (C=O) groups is 3. The number of ether oxygens (including phenoxy) is 11. The Morgan fingerprint density at radius 2 is 0.773 bits per heavy atom. The Morgan fingerprint density at radius 1 is 0.373 bits per heavy atom. The minimum absolute atomic E-state index is 0.778. The summed E-state index contributed by atoms with van der Waals surface area (Å²) < 4.78 is 64.3. The Balaban J connectivity index is 1.29. The van der Waals surface area contributed by atoms with Crippen molar-refractivity contribution in [3.05, 3.63) is 0 Å². The first-order valence-electron chi connectivity index (χ1n) is 23.9. The Hall–Kier alpha value is -2.67. The smallest absolute Gasteiger partial charge is 0.217 e. The first kappa shape index (κ1) is 61.5. The molecule has 30 atom stereocenters. The summed E-state index contributed by atoms with van der Waals surface area (Å²) >= 11 is 0. The predicted molar refractivity (Wildman–Crippen MR) is 233 cm³/mol. The van der Waals surface area contributed by atoms with Crippen LogP contribution in [0, 0.1) is 0 Å². The zero-order valence-corrected chi connectivity index (χ0v) is 40.7. The van der Waals surface area contributed by atoms with Crippen LogP contribution in [0.1, 0.15) is 27.7 Å². The van der Waals surface area contributed by atoms with Gasteiger partial charge in [-0.15, -0.1) is 0 Å². The number of hydrogen-bond donors (Lipinski definition) is 19. The summed E-state index contributed by atoms with van der Waals surface area (Å²) in [7, 11) is 0. The average molecular weight is 1100 g/mol. The van der Waals surface area contributed by atoms with Crippen molar-refractivity contribution in [1.29, 1.82) is 0 Å². The van der Waals surface area contributed by atoms with E-state index in [1.54, 1.807) is 0 Å². The van der Waals surface area contributed by atoms with Crippen LogP contribution in [-0.4, -0.2) is 317 Å². The van der Waals surface area contributed by atoms with Crippen molar-refractivity contribution in [3.8, 4) is 0 Å². The maximum atomic E-state index is 13.0. The average Bonchev–Trinajstić information content (AvgIpc) is 3.36. The maximum absolute atomic E-state index is 13.0. The molecule has 0 aliphatic carbocycles. The van der Waals surface area contributed by atoms with Gasteiger partial charge in [-0.1, -0.05) is 0 Å². The molecule has 6 rings (SSSR count). The standard InChI is InChI=1S/C42H71N3O30/c1-10-22(53)27(58)30(61)40(66-10)75-36-21(45-13(4)52)39(71-17(8-49)34(36)73-42-32(63)29(60)24(55)15(6-47)69-42)74-35-20(44-12(3)51)37(64)67-18(25(35)56)9-65-38-19(43-11(2)50)26(57)33(16(7-48)70-38)72-41-31(62)28(59)23(54)14(5-46)68-41/h10,14-42,46-49,53-64H,5-9H2,1-4H3,(H,43,50)(H,44,51)(H,45,52)/t10-,14+,15+,16+,17+,18+,19+,20+,21+,22+,23-,24-,25-,26+,27+,28-,29-,30-,31+,32+,33+,34+,35+,36+,37?,38+,39-,40-,41-,42-/m0/s1. The minimum Gasteiger partial charge on any atom is -0.394 e. The molecule has 0 saturated carbocycles. The second-order valence-corrected chi connectivity index (χ2v) is 19.0. The molecule has 434 valence electrons. The first-order valence-corrected chi connectivity index (χ1v) is 23.9. The van der Waals surface area contributed by atoms with Gasteiger partial charge in [-0.05, 0) is 6.92 Å². The fourth-order valence-corrected chi connectivity index (χ4v) is 9.56. The molecule has 6 aliphatic heterocycles. The third-order valence-corrected chi connectivity index (χ3v) is 13.6. The molecule has 33 heteroatoms. The van der Waals surface area contributed by atoms with Crippen LogP contribution >= 0.6 is 0 Å². The van der Waals surface area contributed by atoms with Crippen LogP contribution < -0.4 is 16.0 Å². The van der Waals surface area contributed by atoms with Crippen molar-refractivity contribution in [2.24, 2.45) is 0 Å². The molecule has 0 radical (unpaired) electrons. The van der Waals surface area contributed by atoms with E-state index in [9.17, 15) is 96.1 Å². The van der Waals surface area contributed by atoms with Gasteiger partial charge in [-0.25, -0.2) is 0 Å². The van der Waals surface area contributed by atoms with Gasteiger partial charge in [0.1, 0.15) is 140 Å². The molecule has 0 aromatic carbocycles. The van der Waals surface area contributed by atoms with Crippen LogP contribution in [0.15, 0.2) is 0 Å². The maximum Gasteiger partial charge on any atom is 0.217 e. The van der Waals surface area contributed by atoms with Gasteiger partial charge < -0.3 is 150 Å². The third-order valence-electron chi connectivity index (χ3n) is 13.6. The first-order chi connectivity index (χ1) is 35.4. The topological polar surface area (TPSA) is 513 Å².